The molecule has 18 heavy (non-hydrogen) atoms. The summed E-state index contributed by atoms with van der Waals surface area (Å²) in [5.74, 6) is 0.861. The Labute approximate surface area is 115 Å². The Morgan fingerprint density at radius 2 is 1.28 bits per heavy atom. The number of rotatable bonds is 0. The van der Waals surface area contributed by atoms with Crippen molar-refractivity contribution in [2.24, 2.45) is 16.7 Å². The van der Waals surface area contributed by atoms with Gasteiger partial charge in [0.2, 0.25) is 0 Å². The van der Waals surface area contributed by atoms with Crippen LogP contribution in [0.25, 0.3) is 0 Å². The maximum absolute atomic E-state index is 2.75. The monoisotopic (exact) mass is 253 g/mol. The molecule has 0 saturated carbocycles. The van der Waals surface area contributed by atoms with Crippen molar-refractivity contribution in [1.29, 1.82) is 0 Å². The third-order valence-corrected chi connectivity index (χ3v) is 4.69. The van der Waals surface area contributed by atoms with Gasteiger partial charge in [-0.1, -0.05) is 41.5 Å². The molecule has 0 bridgehead atoms. The van der Waals surface area contributed by atoms with Crippen LogP contribution in [0.3, 0.4) is 0 Å². The summed E-state index contributed by atoms with van der Waals surface area (Å²) in [4.78, 5) is 2.75. The first-order valence-corrected chi connectivity index (χ1v) is 7.60. The van der Waals surface area contributed by atoms with Crippen LogP contribution < -0.4 is 0 Å². The fourth-order valence-corrected chi connectivity index (χ4v) is 3.38. The van der Waals surface area contributed by atoms with Crippen LogP contribution in [0.1, 0.15) is 75.2 Å². The zero-order chi connectivity index (χ0) is 14.4. The predicted octanol–water partition coefficient (Wildman–Crippen LogP) is 4.96. The quantitative estimate of drug-likeness (QED) is 0.590. The SMILES string of the molecule is CC(C)(C)C1CCN(C(C)(C)C)C(C(C)(C)C)C1. The van der Waals surface area contributed by atoms with E-state index in [-0.39, 0.29) is 0 Å². The Kier molecular flexibility index (Phi) is 4.28. The highest BCUT2D eigenvalue weighted by atomic mass is 15.2. The van der Waals surface area contributed by atoms with Crippen LogP contribution in [0, 0.1) is 16.7 Å². The van der Waals surface area contributed by atoms with Crippen molar-refractivity contribution in [1.82, 2.24) is 4.90 Å². The van der Waals surface area contributed by atoms with E-state index in [1.807, 2.05) is 0 Å². The molecule has 0 aromatic rings. The van der Waals surface area contributed by atoms with Crippen LogP contribution in [-0.4, -0.2) is 23.0 Å². The van der Waals surface area contributed by atoms with Gasteiger partial charge in [0, 0.05) is 11.6 Å². The van der Waals surface area contributed by atoms with Crippen molar-refractivity contribution in [2.75, 3.05) is 6.54 Å². The van der Waals surface area contributed by atoms with E-state index in [4.69, 9.17) is 0 Å². The van der Waals surface area contributed by atoms with E-state index < -0.39 is 0 Å². The van der Waals surface area contributed by atoms with Gasteiger partial charge in [0.25, 0.3) is 0 Å². The largest absolute Gasteiger partial charge is 0.295 e. The fraction of sp³-hybridized carbons (Fsp3) is 1.00. The maximum atomic E-state index is 2.75. The lowest BCUT2D eigenvalue weighted by Gasteiger charge is -2.54. The third kappa shape index (κ3) is 3.73. The van der Waals surface area contributed by atoms with Crippen LogP contribution in [0.2, 0.25) is 0 Å². The van der Waals surface area contributed by atoms with Crippen LogP contribution in [0.4, 0.5) is 0 Å². The van der Waals surface area contributed by atoms with Crippen molar-refractivity contribution in [3.63, 3.8) is 0 Å². The minimum Gasteiger partial charge on any atom is -0.295 e. The maximum Gasteiger partial charge on any atom is 0.0152 e. The van der Waals surface area contributed by atoms with Crippen molar-refractivity contribution in [3.8, 4) is 0 Å². The highest BCUT2D eigenvalue weighted by Gasteiger charge is 2.42. The summed E-state index contributed by atoms with van der Waals surface area (Å²) >= 11 is 0. The molecule has 0 aliphatic carbocycles. The van der Waals surface area contributed by atoms with Gasteiger partial charge in [-0.2, -0.15) is 0 Å². The van der Waals surface area contributed by atoms with Crippen LogP contribution in [0.15, 0.2) is 0 Å². The first-order chi connectivity index (χ1) is 7.83. The van der Waals surface area contributed by atoms with Gasteiger partial charge >= 0.3 is 0 Å². The molecule has 1 heterocycles. The molecule has 2 atom stereocenters. The molecule has 0 amide bonds. The molecule has 0 N–H and O–H groups in total. The van der Waals surface area contributed by atoms with Gasteiger partial charge in [0.15, 0.2) is 0 Å². The lowest BCUT2D eigenvalue weighted by atomic mass is 9.68. The first kappa shape index (κ1) is 16.0. The fourth-order valence-electron chi connectivity index (χ4n) is 3.38. The van der Waals surface area contributed by atoms with Gasteiger partial charge in [0.1, 0.15) is 0 Å². The standard InChI is InChI=1S/C17H35N/c1-15(2,3)13-10-11-18(17(7,8)9)14(12-13)16(4,5)6/h13-14H,10-12H2,1-9H3. The van der Waals surface area contributed by atoms with Crippen LogP contribution in [0.5, 0.6) is 0 Å². The molecule has 0 radical (unpaired) electrons. The molecule has 0 aromatic carbocycles. The Morgan fingerprint density at radius 1 is 0.778 bits per heavy atom. The van der Waals surface area contributed by atoms with Crippen LogP contribution >= 0.6 is 0 Å². The van der Waals surface area contributed by atoms with Crippen molar-refractivity contribution < 1.29 is 0 Å². The number of hydrogen-bond acceptors (Lipinski definition) is 1. The second kappa shape index (κ2) is 4.81. The zero-order valence-electron chi connectivity index (χ0n) is 14.2. The molecule has 1 rings (SSSR count). The Morgan fingerprint density at radius 3 is 1.61 bits per heavy atom. The molecule has 1 aliphatic heterocycles. The molecular weight excluding hydrogens is 218 g/mol. The Balaban J connectivity index is 2.94. The van der Waals surface area contributed by atoms with Gasteiger partial charge in [-0.25, -0.2) is 0 Å². The summed E-state index contributed by atoms with van der Waals surface area (Å²) in [5.41, 5.74) is 1.12. The summed E-state index contributed by atoms with van der Waals surface area (Å²) in [6, 6.07) is 0.704. The number of nitrogens with zero attached hydrogens (tertiary/aromatic N) is 1. The average Bonchev–Trinajstić information content (AvgIpc) is 2.12. The van der Waals surface area contributed by atoms with Crippen LogP contribution in [-0.2, 0) is 0 Å². The van der Waals surface area contributed by atoms with Crippen molar-refractivity contribution in [2.45, 2.75) is 86.7 Å². The van der Waals surface area contributed by atoms with E-state index >= 15 is 0 Å². The molecule has 1 saturated heterocycles. The molecule has 1 aliphatic rings. The smallest absolute Gasteiger partial charge is 0.0152 e. The van der Waals surface area contributed by atoms with E-state index in [1.54, 1.807) is 0 Å². The van der Waals surface area contributed by atoms with Gasteiger partial charge in [-0.3, -0.25) is 4.90 Å². The second-order valence-electron chi connectivity index (χ2n) is 9.33. The lowest BCUT2D eigenvalue weighted by molar-refractivity contribution is -0.0416. The number of piperidine rings is 1. The Bertz CT molecular complexity index is 271. The van der Waals surface area contributed by atoms with Gasteiger partial charge in [-0.05, 0) is 56.9 Å². The number of likely N-dealkylation sites (tertiary alicyclic amines) is 1. The lowest BCUT2D eigenvalue weighted by Crippen LogP contribution is -2.57. The summed E-state index contributed by atoms with van der Waals surface area (Å²) < 4.78 is 0. The zero-order valence-corrected chi connectivity index (χ0v) is 14.2. The van der Waals surface area contributed by atoms with Gasteiger partial charge in [-0.15, -0.1) is 0 Å². The molecule has 1 heteroatoms. The Hall–Kier alpha value is -0.0400. The van der Waals surface area contributed by atoms with Crippen molar-refractivity contribution >= 4 is 0 Å². The van der Waals surface area contributed by atoms with E-state index in [1.165, 1.54) is 19.4 Å². The number of hydrogen-bond donors (Lipinski definition) is 0. The normalized spacial score (nSPS) is 28.5. The summed E-state index contributed by atoms with van der Waals surface area (Å²) in [6.07, 6.45) is 2.71. The molecule has 0 aromatic heterocycles. The van der Waals surface area contributed by atoms with E-state index in [0.717, 1.165) is 5.92 Å². The van der Waals surface area contributed by atoms with E-state index in [0.29, 0.717) is 22.4 Å². The molecule has 108 valence electrons. The molecular formula is C17H35N. The first-order valence-electron chi connectivity index (χ1n) is 7.60. The minimum atomic E-state index is 0.292. The molecule has 2 unspecified atom stereocenters. The molecule has 1 fully saturated rings. The topological polar surface area (TPSA) is 3.24 Å². The van der Waals surface area contributed by atoms with Gasteiger partial charge < -0.3 is 0 Å². The van der Waals surface area contributed by atoms with Gasteiger partial charge in [0.05, 0.1) is 0 Å². The summed E-state index contributed by atoms with van der Waals surface area (Å²) in [6.45, 7) is 22.8. The third-order valence-electron chi connectivity index (χ3n) is 4.69. The molecule has 1 nitrogen and oxygen atoms in total. The highest BCUT2D eigenvalue weighted by molar-refractivity contribution is 4.96. The molecule has 0 spiro atoms. The highest BCUT2D eigenvalue weighted by Crippen LogP contribution is 2.43. The minimum absolute atomic E-state index is 0.292. The summed E-state index contributed by atoms with van der Waals surface area (Å²) in [5, 5.41) is 0. The second-order valence-corrected chi connectivity index (χ2v) is 9.33. The summed E-state index contributed by atoms with van der Waals surface area (Å²) in [7, 11) is 0. The average molecular weight is 253 g/mol. The predicted molar refractivity (Wildman–Crippen MR) is 81.9 cm³/mol. The van der Waals surface area contributed by atoms with Crippen molar-refractivity contribution in [3.05, 3.63) is 0 Å². The van der Waals surface area contributed by atoms with E-state index in [9.17, 15) is 0 Å². The van der Waals surface area contributed by atoms with E-state index in [2.05, 4.69) is 67.2 Å².